The molecule has 1 heterocycles. The van der Waals surface area contributed by atoms with Gasteiger partial charge in [-0.25, -0.2) is 0 Å². The minimum Gasteiger partial charge on any atom is -0.324 e. The van der Waals surface area contributed by atoms with E-state index in [9.17, 15) is 9.59 Å². The Morgan fingerprint density at radius 3 is 2.48 bits per heavy atom. The van der Waals surface area contributed by atoms with Gasteiger partial charge in [0.25, 0.3) is 5.56 Å². The first-order valence-electron chi connectivity index (χ1n) is 6.87. The molecule has 116 valence electrons. The second kappa shape index (κ2) is 6.44. The van der Waals surface area contributed by atoms with E-state index >= 15 is 0 Å². The summed E-state index contributed by atoms with van der Waals surface area (Å²) in [6.45, 7) is -0.0895. The van der Waals surface area contributed by atoms with Gasteiger partial charge in [-0.15, -0.1) is 0 Å². The number of aromatic nitrogens is 1. The summed E-state index contributed by atoms with van der Waals surface area (Å²) >= 11 is 11.8. The molecule has 1 N–H and O–H groups in total. The van der Waals surface area contributed by atoms with E-state index in [1.54, 1.807) is 42.6 Å². The molecule has 0 saturated carbocycles. The van der Waals surface area contributed by atoms with Crippen LogP contribution in [0.4, 0.5) is 5.69 Å². The molecule has 3 aromatic rings. The Balaban J connectivity index is 1.83. The van der Waals surface area contributed by atoms with E-state index in [0.717, 1.165) is 5.39 Å². The zero-order valence-electron chi connectivity index (χ0n) is 11.9. The maximum Gasteiger partial charge on any atom is 0.258 e. The molecule has 0 unspecified atom stereocenters. The quantitative estimate of drug-likeness (QED) is 0.780. The fourth-order valence-electron chi connectivity index (χ4n) is 2.34. The lowest BCUT2D eigenvalue weighted by Crippen LogP contribution is -2.27. The molecule has 3 rings (SSSR count). The van der Waals surface area contributed by atoms with E-state index in [0.29, 0.717) is 21.1 Å². The van der Waals surface area contributed by atoms with Gasteiger partial charge in [0.05, 0.1) is 0 Å². The van der Waals surface area contributed by atoms with Crippen molar-refractivity contribution in [3.05, 3.63) is 75.1 Å². The third-order valence-corrected chi connectivity index (χ3v) is 3.78. The predicted molar refractivity (Wildman–Crippen MR) is 93.3 cm³/mol. The smallest absolute Gasteiger partial charge is 0.258 e. The maximum absolute atomic E-state index is 12.4. The first kappa shape index (κ1) is 15.6. The summed E-state index contributed by atoms with van der Waals surface area (Å²) in [6.07, 6.45) is 1.61. The van der Waals surface area contributed by atoms with Gasteiger partial charge in [-0.3, -0.25) is 9.59 Å². The minimum atomic E-state index is -0.333. The van der Waals surface area contributed by atoms with Crippen LogP contribution in [0.15, 0.2) is 59.5 Å². The highest BCUT2D eigenvalue weighted by Gasteiger charge is 2.08. The molecule has 0 saturated heterocycles. The number of hydrogen-bond donors (Lipinski definition) is 1. The van der Waals surface area contributed by atoms with Crippen molar-refractivity contribution in [3.63, 3.8) is 0 Å². The number of rotatable bonds is 3. The lowest BCUT2D eigenvalue weighted by atomic mass is 10.2. The van der Waals surface area contributed by atoms with Crippen LogP contribution in [0.25, 0.3) is 10.8 Å². The largest absolute Gasteiger partial charge is 0.324 e. The summed E-state index contributed by atoms with van der Waals surface area (Å²) in [5.41, 5.74) is 0.281. The highest BCUT2D eigenvalue weighted by molar-refractivity contribution is 6.35. The van der Waals surface area contributed by atoms with Crippen LogP contribution in [0.2, 0.25) is 10.0 Å². The summed E-state index contributed by atoms with van der Waals surface area (Å²) in [6, 6.07) is 13.8. The number of nitrogens with one attached hydrogen (secondary N) is 1. The molecule has 0 aliphatic carbocycles. The number of anilines is 1. The summed E-state index contributed by atoms with van der Waals surface area (Å²) < 4.78 is 1.36. The molecule has 0 aliphatic heterocycles. The van der Waals surface area contributed by atoms with Crippen LogP contribution in [-0.4, -0.2) is 10.5 Å². The van der Waals surface area contributed by atoms with E-state index in [1.807, 2.05) is 12.1 Å². The highest BCUT2D eigenvalue weighted by Crippen LogP contribution is 2.22. The normalized spacial score (nSPS) is 10.7. The molecule has 0 radical (unpaired) electrons. The van der Waals surface area contributed by atoms with E-state index in [1.165, 1.54) is 4.57 Å². The SMILES string of the molecule is O=C(Cn1ccc2ccccc2c1=O)Nc1cc(Cl)cc(Cl)c1. The van der Waals surface area contributed by atoms with Gasteiger partial charge >= 0.3 is 0 Å². The van der Waals surface area contributed by atoms with Crippen molar-refractivity contribution in [1.29, 1.82) is 0 Å². The van der Waals surface area contributed by atoms with E-state index < -0.39 is 0 Å². The van der Waals surface area contributed by atoms with Gasteiger partial charge in [0, 0.05) is 27.3 Å². The Morgan fingerprint density at radius 2 is 1.74 bits per heavy atom. The first-order valence-corrected chi connectivity index (χ1v) is 7.63. The van der Waals surface area contributed by atoms with Crippen molar-refractivity contribution in [2.75, 3.05) is 5.32 Å². The number of nitrogens with zero attached hydrogens (tertiary/aromatic N) is 1. The average molecular weight is 347 g/mol. The standard InChI is InChI=1S/C17H12Cl2N2O2/c18-12-7-13(19)9-14(8-12)20-16(22)10-21-6-5-11-3-1-2-4-15(11)17(21)23/h1-9H,10H2,(H,20,22). The molecule has 0 bridgehead atoms. The van der Waals surface area contributed by atoms with Crippen molar-refractivity contribution in [3.8, 4) is 0 Å². The van der Waals surface area contributed by atoms with Gasteiger partial charge in [0.15, 0.2) is 0 Å². The van der Waals surface area contributed by atoms with Crippen molar-refractivity contribution in [2.24, 2.45) is 0 Å². The molecule has 23 heavy (non-hydrogen) atoms. The lowest BCUT2D eigenvalue weighted by molar-refractivity contribution is -0.116. The van der Waals surface area contributed by atoms with Gasteiger partial charge in [0.1, 0.15) is 6.54 Å². The second-order valence-electron chi connectivity index (χ2n) is 5.04. The zero-order chi connectivity index (χ0) is 16.4. The molecular weight excluding hydrogens is 335 g/mol. The molecule has 0 atom stereocenters. The fourth-order valence-corrected chi connectivity index (χ4v) is 2.86. The second-order valence-corrected chi connectivity index (χ2v) is 5.92. The monoisotopic (exact) mass is 346 g/mol. The van der Waals surface area contributed by atoms with Crippen LogP contribution in [0, 0.1) is 0 Å². The summed E-state index contributed by atoms with van der Waals surface area (Å²) in [5.74, 6) is -0.333. The minimum absolute atomic E-state index is 0.0895. The molecule has 0 aliphatic rings. The number of halogens is 2. The molecule has 1 aromatic heterocycles. The van der Waals surface area contributed by atoms with Crippen LogP contribution >= 0.6 is 23.2 Å². The summed E-state index contributed by atoms with van der Waals surface area (Å²) in [4.78, 5) is 24.5. The van der Waals surface area contributed by atoms with Crippen molar-refractivity contribution < 1.29 is 4.79 Å². The Morgan fingerprint density at radius 1 is 1.04 bits per heavy atom. The number of benzene rings is 2. The Hall–Kier alpha value is -2.30. The number of carbonyl (C=O) groups is 1. The van der Waals surface area contributed by atoms with Gasteiger partial charge in [-0.2, -0.15) is 0 Å². The lowest BCUT2D eigenvalue weighted by Gasteiger charge is -2.09. The number of hydrogen-bond acceptors (Lipinski definition) is 2. The Labute approximate surface area is 142 Å². The van der Waals surface area contributed by atoms with Crippen LogP contribution < -0.4 is 10.9 Å². The fraction of sp³-hybridized carbons (Fsp3) is 0.0588. The molecule has 6 heteroatoms. The molecule has 2 aromatic carbocycles. The average Bonchev–Trinajstić information content (AvgIpc) is 2.49. The van der Waals surface area contributed by atoms with Crippen LogP contribution in [0.3, 0.4) is 0 Å². The highest BCUT2D eigenvalue weighted by atomic mass is 35.5. The van der Waals surface area contributed by atoms with Crippen LogP contribution in [0.1, 0.15) is 0 Å². The van der Waals surface area contributed by atoms with Crippen molar-refractivity contribution in [1.82, 2.24) is 4.57 Å². The van der Waals surface area contributed by atoms with E-state index in [-0.39, 0.29) is 18.0 Å². The zero-order valence-corrected chi connectivity index (χ0v) is 13.4. The predicted octanol–water partition coefficient (Wildman–Crippen LogP) is 3.95. The Kier molecular flexibility index (Phi) is 4.37. The molecule has 1 amide bonds. The first-order chi connectivity index (χ1) is 11.0. The maximum atomic E-state index is 12.4. The summed E-state index contributed by atoms with van der Waals surface area (Å²) in [5, 5.41) is 4.95. The molecular formula is C17H12Cl2N2O2. The molecule has 0 spiro atoms. The topological polar surface area (TPSA) is 51.1 Å². The van der Waals surface area contributed by atoms with Crippen LogP contribution in [-0.2, 0) is 11.3 Å². The molecule has 4 nitrogen and oxygen atoms in total. The van der Waals surface area contributed by atoms with Crippen molar-refractivity contribution in [2.45, 2.75) is 6.54 Å². The van der Waals surface area contributed by atoms with Gasteiger partial charge in [-0.1, -0.05) is 41.4 Å². The number of amides is 1. The van der Waals surface area contributed by atoms with Crippen LogP contribution in [0.5, 0.6) is 0 Å². The summed E-state index contributed by atoms with van der Waals surface area (Å²) in [7, 11) is 0. The van der Waals surface area contributed by atoms with Gasteiger partial charge in [-0.05, 0) is 35.7 Å². The third-order valence-electron chi connectivity index (χ3n) is 3.35. The number of pyridine rings is 1. The Bertz CT molecular complexity index is 930. The van der Waals surface area contributed by atoms with Gasteiger partial charge < -0.3 is 9.88 Å². The third kappa shape index (κ3) is 3.55. The van der Waals surface area contributed by atoms with E-state index in [2.05, 4.69) is 5.32 Å². The van der Waals surface area contributed by atoms with Crippen molar-refractivity contribution >= 4 is 45.6 Å². The number of fused-ring (bicyclic) bond motifs is 1. The van der Waals surface area contributed by atoms with Gasteiger partial charge in [0.2, 0.25) is 5.91 Å². The van der Waals surface area contributed by atoms with E-state index in [4.69, 9.17) is 23.2 Å². The molecule has 0 fully saturated rings. The number of carbonyl (C=O) groups excluding carboxylic acids is 1.